The Bertz CT molecular complexity index is 1130. The minimum Gasteiger partial charge on any atom is -0.507 e. The molecule has 0 spiro atoms. The van der Waals surface area contributed by atoms with Crippen molar-refractivity contribution in [2.24, 2.45) is 0 Å². The van der Waals surface area contributed by atoms with Gasteiger partial charge in [-0.15, -0.1) is 0 Å². The predicted octanol–water partition coefficient (Wildman–Crippen LogP) is 17.2. The van der Waals surface area contributed by atoms with E-state index in [4.69, 9.17) is 20.1 Å². The van der Waals surface area contributed by atoms with Gasteiger partial charge >= 0.3 is 5.97 Å². The summed E-state index contributed by atoms with van der Waals surface area (Å²) < 4.78 is 5.85. The van der Waals surface area contributed by atoms with E-state index in [1.807, 2.05) is 19.1 Å². The smallest absolute Gasteiger partial charge is 0.303 e. The number of allylic oxidation sites excluding steroid dienone is 4. The van der Waals surface area contributed by atoms with E-state index < -0.39 is 12.3 Å². The Morgan fingerprint density at radius 1 is 0.524 bits per heavy atom. The van der Waals surface area contributed by atoms with E-state index in [2.05, 4.69) is 79.7 Å². The van der Waals surface area contributed by atoms with Crippen LogP contribution in [0.25, 0.3) is 0 Å². The Labute approximate surface area is 391 Å². The van der Waals surface area contributed by atoms with E-state index in [1.54, 1.807) is 0 Å². The maximum atomic E-state index is 10.8. The van der Waals surface area contributed by atoms with Gasteiger partial charge in [0.15, 0.2) is 6.29 Å². The zero-order chi connectivity index (χ0) is 47.5. The number of aliphatic hydroxyl groups is 2. The molecule has 0 aliphatic carbocycles. The summed E-state index contributed by atoms with van der Waals surface area (Å²) in [6.07, 6.45) is 48.9. The molecule has 4 N–H and O–H groups in total. The molecule has 0 aliphatic heterocycles. The van der Waals surface area contributed by atoms with Gasteiger partial charge in [-0.1, -0.05) is 221 Å². The van der Waals surface area contributed by atoms with Crippen LogP contribution >= 0.6 is 0 Å². The number of rotatable bonds is 37. The monoisotopic (exact) mass is 887 g/mol. The SMILES string of the molecule is CC(C)(C)c1cc(CCC(=O)O)cc(C(C)(C)C)c1O.CCCC(O)O.CCCCCCCC/C=C\CCCCCCCCOCCCCCCCC/C=C\CCCCCCCC. The number of phenolic OH excluding ortho intramolecular Hbond substituents is 1. The van der Waals surface area contributed by atoms with Crippen molar-refractivity contribution in [2.45, 2.75) is 285 Å². The van der Waals surface area contributed by atoms with Gasteiger partial charge in [-0.05, 0) is 105 Å². The molecule has 6 heteroatoms. The molecule has 0 saturated carbocycles. The number of aliphatic hydroxyl groups excluding tert-OH is 1. The highest BCUT2D eigenvalue weighted by molar-refractivity contribution is 5.67. The molecular weight excluding hydrogens is 781 g/mol. The summed E-state index contributed by atoms with van der Waals surface area (Å²) in [5.74, 6) is -0.461. The van der Waals surface area contributed by atoms with E-state index >= 15 is 0 Å². The lowest BCUT2D eigenvalue weighted by Gasteiger charge is -2.28. The highest BCUT2D eigenvalue weighted by Crippen LogP contribution is 2.40. The molecule has 0 radical (unpaired) electrons. The number of unbranched alkanes of at least 4 members (excludes halogenated alkanes) is 24. The van der Waals surface area contributed by atoms with Crippen molar-refractivity contribution in [3.05, 3.63) is 53.1 Å². The highest BCUT2D eigenvalue weighted by Gasteiger charge is 2.26. The van der Waals surface area contributed by atoms with Gasteiger partial charge in [0.05, 0.1) is 0 Å². The molecule has 0 heterocycles. The van der Waals surface area contributed by atoms with Gasteiger partial charge in [-0.3, -0.25) is 4.79 Å². The summed E-state index contributed by atoms with van der Waals surface area (Å²) >= 11 is 0. The Morgan fingerprint density at radius 3 is 1.11 bits per heavy atom. The first-order chi connectivity index (χ1) is 30.1. The number of hydrogen-bond donors (Lipinski definition) is 4. The van der Waals surface area contributed by atoms with Gasteiger partial charge in [-0.25, -0.2) is 0 Å². The van der Waals surface area contributed by atoms with Crippen LogP contribution in [0.15, 0.2) is 36.4 Å². The third-order valence-corrected chi connectivity index (χ3v) is 11.6. The van der Waals surface area contributed by atoms with Crippen LogP contribution in [0.1, 0.15) is 278 Å². The zero-order valence-electron chi connectivity index (χ0n) is 43.2. The summed E-state index contributed by atoms with van der Waals surface area (Å²) in [6, 6.07) is 3.88. The van der Waals surface area contributed by atoms with Crippen molar-refractivity contribution >= 4 is 5.97 Å². The molecule has 370 valence electrons. The van der Waals surface area contributed by atoms with Crippen molar-refractivity contribution in [3.8, 4) is 5.75 Å². The van der Waals surface area contributed by atoms with Gasteiger partial charge in [0, 0.05) is 19.6 Å². The molecule has 1 aromatic rings. The first-order valence-electron chi connectivity index (χ1n) is 26.4. The third-order valence-electron chi connectivity index (χ3n) is 11.6. The average molecular weight is 887 g/mol. The molecule has 0 unspecified atom stereocenters. The van der Waals surface area contributed by atoms with Gasteiger partial charge in [-0.2, -0.15) is 0 Å². The molecule has 0 aromatic heterocycles. The molecule has 1 aromatic carbocycles. The minimum absolute atomic E-state index is 0.109. The Balaban J connectivity index is 0. The summed E-state index contributed by atoms with van der Waals surface area (Å²) in [7, 11) is 0. The normalized spacial score (nSPS) is 11.9. The van der Waals surface area contributed by atoms with Crippen molar-refractivity contribution < 1.29 is 30.0 Å². The predicted molar refractivity (Wildman–Crippen MR) is 274 cm³/mol. The Hall–Kier alpha value is -2.15. The first kappa shape index (κ1) is 62.9. The third kappa shape index (κ3) is 43.5. The number of aryl methyl sites for hydroxylation is 1. The molecule has 0 saturated heterocycles. The molecule has 0 bridgehead atoms. The number of carboxylic acid groups (broad SMARTS) is 1. The summed E-state index contributed by atoms with van der Waals surface area (Å²) in [5, 5.41) is 35.6. The van der Waals surface area contributed by atoms with Crippen molar-refractivity contribution in [2.75, 3.05) is 13.2 Å². The van der Waals surface area contributed by atoms with Crippen LogP contribution in [-0.2, 0) is 26.8 Å². The minimum atomic E-state index is -1.10. The first-order valence-corrected chi connectivity index (χ1v) is 26.4. The molecule has 63 heavy (non-hydrogen) atoms. The maximum Gasteiger partial charge on any atom is 0.303 e. The molecular formula is C57H106O6. The lowest BCUT2D eigenvalue weighted by molar-refractivity contribution is -0.136. The highest BCUT2D eigenvalue weighted by atomic mass is 16.5. The van der Waals surface area contributed by atoms with E-state index in [9.17, 15) is 9.90 Å². The quantitative estimate of drug-likeness (QED) is 0.0301. The second kappa shape index (κ2) is 43.7. The molecule has 6 nitrogen and oxygen atoms in total. The van der Waals surface area contributed by atoms with E-state index in [-0.39, 0.29) is 17.3 Å². The van der Waals surface area contributed by atoms with Crippen LogP contribution in [-0.4, -0.2) is 45.9 Å². The van der Waals surface area contributed by atoms with Crippen molar-refractivity contribution in [1.29, 1.82) is 0 Å². The standard InChI is InChI=1S/C36H70O.C17H26O3.C4H10O2/c1-3-5-7-9-11-13-15-17-19-21-23-25-27-29-31-33-35-37-36-34-32-30-28-26-24-22-20-18-16-14-12-10-8-6-4-2;1-16(2,3)12-9-11(7-8-14(18)19)10-13(15(12)20)17(4,5)6;1-2-3-4(5)6/h17-20H,3-16,21-36H2,1-2H3;9-10,20H,7-8H2,1-6H3,(H,18,19);4-6H,2-3H2,1H3/b19-17-,20-18-;;. The van der Waals surface area contributed by atoms with Crippen LogP contribution < -0.4 is 0 Å². The fourth-order valence-corrected chi connectivity index (χ4v) is 7.50. The van der Waals surface area contributed by atoms with Gasteiger partial charge in [0.1, 0.15) is 5.75 Å². The molecule has 0 fully saturated rings. The number of ether oxygens (including phenoxy) is 1. The number of phenols is 1. The van der Waals surface area contributed by atoms with E-state index in [0.29, 0.717) is 18.6 Å². The number of benzene rings is 1. The van der Waals surface area contributed by atoms with Crippen LogP contribution in [0.3, 0.4) is 0 Å². The second-order valence-electron chi connectivity index (χ2n) is 20.2. The van der Waals surface area contributed by atoms with Crippen LogP contribution in [0.4, 0.5) is 0 Å². The number of carboxylic acids is 1. The fraction of sp³-hybridized carbons (Fsp3) is 0.807. The van der Waals surface area contributed by atoms with Gasteiger partial charge in [0.25, 0.3) is 0 Å². The zero-order valence-corrected chi connectivity index (χ0v) is 43.2. The van der Waals surface area contributed by atoms with Crippen molar-refractivity contribution in [3.63, 3.8) is 0 Å². The lowest BCUT2D eigenvalue weighted by atomic mass is 9.78. The number of aromatic hydroxyl groups is 1. The maximum absolute atomic E-state index is 10.8. The number of carbonyl (C=O) groups is 1. The lowest BCUT2D eigenvalue weighted by Crippen LogP contribution is -2.18. The van der Waals surface area contributed by atoms with Gasteiger partial charge < -0.3 is 25.2 Å². The summed E-state index contributed by atoms with van der Waals surface area (Å²) in [6.45, 7) is 20.7. The van der Waals surface area contributed by atoms with Crippen molar-refractivity contribution in [1.82, 2.24) is 0 Å². The number of aliphatic carboxylic acids is 1. The van der Waals surface area contributed by atoms with Crippen LogP contribution in [0.5, 0.6) is 5.75 Å². The van der Waals surface area contributed by atoms with E-state index in [0.717, 1.165) is 36.3 Å². The van der Waals surface area contributed by atoms with Crippen LogP contribution in [0, 0.1) is 0 Å². The Kier molecular flexibility index (Phi) is 43.7. The van der Waals surface area contributed by atoms with Gasteiger partial charge in [0.2, 0.25) is 0 Å². The molecule has 0 aliphatic rings. The largest absolute Gasteiger partial charge is 0.507 e. The second-order valence-corrected chi connectivity index (χ2v) is 20.2. The fourth-order valence-electron chi connectivity index (χ4n) is 7.50. The van der Waals surface area contributed by atoms with Crippen LogP contribution in [0.2, 0.25) is 0 Å². The number of hydrogen-bond acceptors (Lipinski definition) is 5. The Morgan fingerprint density at radius 2 is 0.841 bits per heavy atom. The molecule has 0 amide bonds. The molecule has 1 rings (SSSR count). The average Bonchev–Trinajstić information content (AvgIpc) is 3.21. The summed E-state index contributed by atoms with van der Waals surface area (Å²) in [5.41, 5.74) is 2.38. The molecule has 0 atom stereocenters. The summed E-state index contributed by atoms with van der Waals surface area (Å²) in [4.78, 5) is 10.8. The topological polar surface area (TPSA) is 107 Å². The van der Waals surface area contributed by atoms with E-state index in [1.165, 1.54) is 180 Å².